The zero-order valence-corrected chi connectivity index (χ0v) is 14.4. The van der Waals surface area contributed by atoms with Crippen LogP contribution in [0.1, 0.15) is 12.0 Å². The highest BCUT2D eigenvalue weighted by atomic mass is 35.5. The Balaban J connectivity index is 1.71. The summed E-state index contributed by atoms with van der Waals surface area (Å²) in [7, 11) is 0. The summed E-state index contributed by atoms with van der Waals surface area (Å²) in [5, 5.41) is 17.1. The van der Waals surface area contributed by atoms with E-state index in [0.717, 1.165) is 6.07 Å². The van der Waals surface area contributed by atoms with E-state index in [0.29, 0.717) is 0 Å². The molecule has 0 aliphatic carbocycles. The fourth-order valence-corrected chi connectivity index (χ4v) is 2.87. The number of anilines is 1. The number of hydrogen-bond acceptors (Lipinski definition) is 5. The number of nitrogens with one attached hydrogen (secondary N) is 1. The first-order valence-electron chi connectivity index (χ1n) is 7.28. The molecule has 1 heterocycles. The van der Waals surface area contributed by atoms with Crippen molar-refractivity contribution >= 4 is 46.2 Å². The molecule has 7 nitrogen and oxygen atoms in total. The van der Waals surface area contributed by atoms with Gasteiger partial charge in [-0.1, -0.05) is 34.4 Å². The van der Waals surface area contributed by atoms with Crippen LogP contribution in [0.5, 0.6) is 0 Å². The van der Waals surface area contributed by atoms with Gasteiger partial charge in [-0.3, -0.25) is 14.9 Å². The average molecular weight is 398 g/mol. The summed E-state index contributed by atoms with van der Waals surface area (Å²) in [5.74, 6) is -1.15. The molecule has 1 N–H and O–H groups in total. The monoisotopic (exact) mass is 397 g/mol. The zero-order valence-electron chi connectivity index (χ0n) is 12.9. The Labute approximate surface area is 156 Å². The van der Waals surface area contributed by atoms with Crippen molar-refractivity contribution in [1.29, 1.82) is 0 Å². The predicted molar refractivity (Wildman–Crippen MR) is 94.2 cm³/mol. The second-order valence-electron chi connectivity index (χ2n) is 5.34. The van der Waals surface area contributed by atoms with Gasteiger partial charge in [0.25, 0.3) is 11.6 Å². The number of non-ortho nitro benzene ring substituents is 1. The third-order valence-corrected chi connectivity index (χ3v) is 4.26. The molecule has 0 saturated carbocycles. The summed E-state index contributed by atoms with van der Waals surface area (Å²) in [6.07, 6.45) is -0.996. The number of nitro benzene ring substituents is 1. The molecule has 0 unspecified atom stereocenters. The number of rotatable bonds is 4. The van der Waals surface area contributed by atoms with Crippen LogP contribution < -0.4 is 5.32 Å². The number of halogens is 3. The van der Waals surface area contributed by atoms with Crippen LogP contribution in [0.25, 0.3) is 0 Å². The molecule has 0 radical (unpaired) electrons. The van der Waals surface area contributed by atoms with E-state index in [4.69, 9.17) is 28.0 Å². The van der Waals surface area contributed by atoms with E-state index in [1.165, 1.54) is 30.3 Å². The molecule has 1 amide bonds. The molecule has 26 heavy (non-hydrogen) atoms. The van der Waals surface area contributed by atoms with Gasteiger partial charge < -0.3 is 10.2 Å². The maximum absolute atomic E-state index is 13.9. The van der Waals surface area contributed by atoms with E-state index in [1.807, 2.05) is 0 Å². The summed E-state index contributed by atoms with van der Waals surface area (Å²) < 4.78 is 13.9. The van der Waals surface area contributed by atoms with E-state index in [-0.39, 0.29) is 39.1 Å². The Morgan fingerprint density at radius 1 is 1.31 bits per heavy atom. The fraction of sp³-hybridized carbons (Fsp3) is 0.125. The highest BCUT2D eigenvalue weighted by molar-refractivity contribution is 6.35. The summed E-state index contributed by atoms with van der Waals surface area (Å²) in [6, 6.07) is 7.83. The number of carbonyl (C=O) groups excluding carboxylic acids is 1. The second kappa shape index (κ2) is 7.27. The maximum Gasteiger partial charge on any atom is 0.271 e. The van der Waals surface area contributed by atoms with Crippen LogP contribution in [-0.4, -0.2) is 22.6 Å². The van der Waals surface area contributed by atoms with Crippen LogP contribution in [0.4, 0.5) is 15.8 Å². The topological polar surface area (TPSA) is 93.8 Å². The first-order valence-corrected chi connectivity index (χ1v) is 8.04. The van der Waals surface area contributed by atoms with Gasteiger partial charge >= 0.3 is 0 Å². The lowest BCUT2D eigenvalue weighted by atomic mass is 10.0. The molecule has 0 aromatic heterocycles. The number of nitro groups is 1. The number of nitrogens with zero attached hydrogens (tertiary/aromatic N) is 2. The number of carbonyl (C=O) groups is 1. The molecule has 2 aromatic rings. The van der Waals surface area contributed by atoms with Crippen LogP contribution in [0.2, 0.25) is 10.0 Å². The standard InChI is InChI=1S/C16H10Cl2FN3O4/c17-9-2-1-3-11(19)15(9)13-7-14(26-21-13)16(23)20-12-5-4-8(22(24)25)6-10(12)18/h1-6,14H,7H2,(H,20,23)/t14-/m1/s1. The van der Waals surface area contributed by atoms with Gasteiger partial charge in [-0.05, 0) is 18.2 Å². The van der Waals surface area contributed by atoms with Gasteiger partial charge in [0.2, 0.25) is 6.10 Å². The highest BCUT2D eigenvalue weighted by Gasteiger charge is 2.31. The summed E-state index contributed by atoms with van der Waals surface area (Å²) in [5.41, 5.74) is 0.272. The van der Waals surface area contributed by atoms with Crippen molar-refractivity contribution in [3.8, 4) is 0 Å². The lowest BCUT2D eigenvalue weighted by molar-refractivity contribution is -0.384. The molecule has 1 atom stereocenters. The third-order valence-electron chi connectivity index (χ3n) is 3.63. The Bertz CT molecular complexity index is 915. The van der Waals surface area contributed by atoms with E-state index in [2.05, 4.69) is 10.5 Å². The first kappa shape index (κ1) is 18.1. The number of oxime groups is 1. The first-order chi connectivity index (χ1) is 12.4. The molecule has 10 heteroatoms. The van der Waals surface area contributed by atoms with Crippen molar-refractivity contribution in [2.75, 3.05) is 5.32 Å². The molecule has 0 bridgehead atoms. The molecule has 0 fully saturated rings. The van der Waals surface area contributed by atoms with Crippen LogP contribution in [0.15, 0.2) is 41.6 Å². The molecule has 134 valence electrons. The van der Waals surface area contributed by atoms with Gasteiger partial charge in [-0.2, -0.15) is 0 Å². The minimum atomic E-state index is -1.01. The van der Waals surface area contributed by atoms with E-state index in [9.17, 15) is 19.3 Å². The third kappa shape index (κ3) is 3.61. The van der Waals surface area contributed by atoms with Crippen LogP contribution in [0.3, 0.4) is 0 Å². The molecule has 0 spiro atoms. The van der Waals surface area contributed by atoms with Crippen molar-refractivity contribution in [1.82, 2.24) is 0 Å². The van der Waals surface area contributed by atoms with Crippen molar-refractivity contribution in [3.63, 3.8) is 0 Å². The van der Waals surface area contributed by atoms with Crippen molar-refractivity contribution < 1.29 is 18.9 Å². The minimum Gasteiger partial charge on any atom is -0.382 e. The Kier molecular flexibility index (Phi) is 5.06. The molecule has 1 aliphatic heterocycles. The normalized spacial score (nSPS) is 16.0. The zero-order chi connectivity index (χ0) is 18.8. The van der Waals surface area contributed by atoms with Gasteiger partial charge in [0.1, 0.15) is 5.82 Å². The number of hydrogen-bond donors (Lipinski definition) is 1. The molecule has 3 rings (SSSR count). The van der Waals surface area contributed by atoms with E-state index >= 15 is 0 Å². The van der Waals surface area contributed by atoms with Crippen LogP contribution in [0, 0.1) is 15.9 Å². The fourth-order valence-electron chi connectivity index (χ4n) is 2.37. The summed E-state index contributed by atoms with van der Waals surface area (Å²) in [6.45, 7) is 0. The smallest absolute Gasteiger partial charge is 0.271 e. The summed E-state index contributed by atoms with van der Waals surface area (Å²) in [4.78, 5) is 27.5. The van der Waals surface area contributed by atoms with Gasteiger partial charge in [0, 0.05) is 18.6 Å². The van der Waals surface area contributed by atoms with E-state index < -0.39 is 22.8 Å². The Morgan fingerprint density at radius 2 is 2.08 bits per heavy atom. The highest BCUT2D eigenvalue weighted by Crippen LogP contribution is 2.29. The van der Waals surface area contributed by atoms with E-state index in [1.54, 1.807) is 0 Å². The average Bonchev–Trinajstić information content (AvgIpc) is 3.06. The predicted octanol–water partition coefficient (Wildman–Crippen LogP) is 4.17. The Morgan fingerprint density at radius 3 is 2.73 bits per heavy atom. The Hall–Kier alpha value is -2.71. The molecular weight excluding hydrogens is 388 g/mol. The van der Waals surface area contributed by atoms with Crippen molar-refractivity contribution in [2.45, 2.75) is 12.5 Å². The lowest BCUT2D eigenvalue weighted by Gasteiger charge is -2.11. The molecule has 2 aromatic carbocycles. The number of benzene rings is 2. The quantitative estimate of drug-likeness (QED) is 0.618. The van der Waals surface area contributed by atoms with Crippen molar-refractivity contribution in [2.24, 2.45) is 5.16 Å². The van der Waals surface area contributed by atoms with Crippen LogP contribution in [-0.2, 0) is 9.63 Å². The SMILES string of the molecule is O=C(Nc1ccc([N+](=O)[O-])cc1Cl)[C@H]1CC(c2c(F)cccc2Cl)=NO1. The minimum absolute atomic E-state index is 0.00355. The van der Waals surface area contributed by atoms with Gasteiger partial charge in [-0.25, -0.2) is 4.39 Å². The molecular formula is C16H10Cl2FN3O4. The van der Waals surface area contributed by atoms with Gasteiger partial charge in [-0.15, -0.1) is 0 Å². The number of amides is 1. The summed E-state index contributed by atoms with van der Waals surface area (Å²) >= 11 is 11.9. The van der Waals surface area contributed by atoms with Gasteiger partial charge in [0.05, 0.1) is 31.9 Å². The largest absolute Gasteiger partial charge is 0.382 e. The van der Waals surface area contributed by atoms with Crippen molar-refractivity contribution in [3.05, 3.63) is 67.9 Å². The van der Waals surface area contributed by atoms with Crippen LogP contribution >= 0.6 is 23.2 Å². The van der Waals surface area contributed by atoms with Gasteiger partial charge in [0.15, 0.2) is 0 Å². The molecule has 1 aliphatic rings. The molecule has 0 saturated heterocycles. The second-order valence-corrected chi connectivity index (χ2v) is 6.16. The lowest BCUT2D eigenvalue weighted by Crippen LogP contribution is -2.28. The maximum atomic E-state index is 13.9.